The average Bonchev–Trinajstić information content (AvgIpc) is 3.53. The van der Waals surface area contributed by atoms with Crippen LogP contribution in [-0.2, 0) is 66.4 Å². The molecule has 6 aliphatic heterocycles. The third-order valence-corrected chi connectivity index (χ3v) is 15.5. The molecule has 31 atom stereocenters. The summed E-state index contributed by atoms with van der Waals surface area (Å²) >= 11 is 0. The fourth-order valence-electron chi connectivity index (χ4n) is 9.81. The van der Waals surface area contributed by atoms with Crippen LogP contribution in [0.4, 0.5) is 0 Å². The molecule has 35 heteroatoms. The second kappa shape index (κ2) is 30.3. The number of ether oxygens (including phenoxy) is 13. The van der Waals surface area contributed by atoms with Gasteiger partial charge in [0, 0.05) is 12.1 Å². The molecule has 0 aromatic heterocycles. The molecule has 0 bridgehead atoms. The summed E-state index contributed by atoms with van der Waals surface area (Å²) in [4.78, 5) is 25.1. The van der Waals surface area contributed by atoms with Gasteiger partial charge in [0.1, 0.15) is 128 Å². The number of carbonyl (C=O) groups excluding carboxylic acids is 2. The molecule has 82 heavy (non-hydrogen) atoms. The molecule has 20 N–H and O–H groups in total. The average molecular weight is 1210 g/mol. The molecule has 6 heterocycles. The van der Waals surface area contributed by atoms with Gasteiger partial charge in [-0.05, 0) is 18.6 Å². The van der Waals surface area contributed by atoms with Crippen molar-refractivity contribution in [1.82, 2.24) is 5.43 Å². The lowest BCUT2D eigenvalue weighted by Crippen LogP contribution is -2.67. The van der Waals surface area contributed by atoms with Crippen LogP contribution < -0.4 is 11.3 Å². The first-order chi connectivity index (χ1) is 39.1. The van der Waals surface area contributed by atoms with Crippen LogP contribution >= 0.6 is 9.24 Å². The number of amides is 1. The Balaban J connectivity index is 1.09. The first kappa shape index (κ1) is 66.9. The third-order valence-electron chi connectivity index (χ3n) is 14.7. The zero-order valence-electron chi connectivity index (χ0n) is 43.5. The van der Waals surface area contributed by atoms with E-state index in [4.69, 9.17) is 67.4 Å². The summed E-state index contributed by atoms with van der Waals surface area (Å²) in [7, 11) is 2.17. The SMILES string of the molecule is NNC(=O)CCCO[C@@H]1OC(CO[C@@H]2OC(CO[C@@H]3OC(CO)[C@H](O)[C@H](O)C3O[C@@H]3OC(CO)[C@H](O)[C@H](P)C3O)[C@H](O)[C@H](O)C2O)[C@H](O)[C@H](O[C@@H]2OC(CO)[C@H](O)[C@H](O)C2O[C@@H]2OC(CO)[C@H](O)[C@H](O)C2OC(=O)c2ccccc2)C1O. The maximum absolute atomic E-state index is 13.2. The second-order valence-corrected chi connectivity index (χ2v) is 21.0. The van der Waals surface area contributed by atoms with Crippen LogP contribution in [0.15, 0.2) is 30.3 Å². The number of aliphatic hydroxyl groups is 17. The van der Waals surface area contributed by atoms with Crippen molar-refractivity contribution >= 4 is 21.1 Å². The van der Waals surface area contributed by atoms with Crippen LogP contribution in [-0.4, -0.2) is 329 Å². The van der Waals surface area contributed by atoms with Crippen LogP contribution in [0.2, 0.25) is 0 Å². The van der Waals surface area contributed by atoms with E-state index in [0.717, 1.165) is 0 Å². The van der Waals surface area contributed by atoms with Crippen molar-refractivity contribution in [3.63, 3.8) is 0 Å². The summed E-state index contributed by atoms with van der Waals surface area (Å²) in [6, 6.07) is 7.31. The van der Waals surface area contributed by atoms with Gasteiger partial charge >= 0.3 is 5.97 Å². The van der Waals surface area contributed by atoms with Crippen molar-refractivity contribution < 1.29 is 158 Å². The van der Waals surface area contributed by atoms with Crippen LogP contribution in [0, 0.1) is 0 Å². The normalized spacial score (nSPS) is 45.5. The van der Waals surface area contributed by atoms with Crippen molar-refractivity contribution in [2.24, 2.45) is 5.84 Å². The van der Waals surface area contributed by atoms with E-state index in [1.54, 1.807) is 6.07 Å². The van der Waals surface area contributed by atoms with Gasteiger partial charge in [-0.1, -0.05) is 18.2 Å². The molecule has 0 spiro atoms. The number of hydrogen-bond donors (Lipinski definition) is 19. The van der Waals surface area contributed by atoms with E-state index in [1.807, 2.05) is 5.43 Å². The zero-order chi connectivity index (χ0) is 59.9. The molecule has 0 radical (unpaired) electrons. The molecule has 7 rings (SSSR count). The molecule has 1 aromatic carbocycles. The zero-order valence-corrected chi connectivity index (χ0v) is 44.6. The Morgan fingerprint density at radius 3 is 1.44 bits per heavy atom. The Morgan fingerprint density at radius 1 is 0.451 bits per heavy atom. The number of hydrogen-bond acceptors (Lipinski definition) is 33. The number of aliphatic hydroxyl groups excluding tert-OH is 17. The highest BCUT2D eigenvalue weighted by Gasteiger charge is 2.57. The highest BCUT2D eigenvalue weighted by atomic mass is 31.0. The standard InChI is InChI=1S/C47H75N2O32P/c48-49-22(54)7-4-8-69-43-34(66)36(79-47-39(32(64)25(57)18(11-52)75-47)81-46-38(31(63)24(56)17(10-51)74-46)78-41(68)15-5-2-1-3-6-15)27(59)21(77-43)14-70-42-33(65)29(61)26(58)20(76-42)13-71-45-37(30(62)23(55)16(9-50)73-45)80-44-35(67)40(82)28(60)19(12-53)72-44/h1-3,5-6,16-21,23-40,42-47,50-53,55-67H,4,7-14,48,82H2,(H,49,54)/t16?,17?,18?,19?,20?,21?,23-,24-,25-,26-,27-,28-,29-,30-,31-,32-,33?,34?,35?,36-,37?,38?,39?,40-,42+,43+,44-,45+,46-,47-/m0/s1. The van der Waals surface area contributed by atoms with Crippen LogP contribution in [0.5, 0.6) is 0 Å². The van der Waals surface area contributed by atoms with Gasteiger partial charge in [0.05, 0.1) is 57.9 Å². The van der Waals surface area contributed by atoms with Crippen molar-refractivity contribution in [3.8, 4) is 0 Å². The molecule has 0 aliphatic carbocycles. The Labute approximate surface area is 468 Å². The van der Waals surface area contributed by atoms with Crippen LogP contribution in [0.3, 0.4) is 0 Å². The number of hydrazine groups is 1. The van der Waals surface area contributed by atoms with E-state index >= 15 is 0 Å². The third kappa shape index (κ3) is 15.2. The molecular weight excluding hydrogens is 1140 g/mol. The highest BCUT2D eigenvalue weighted by molar-refractivity contribution is 7.17. The lowest BCUT2D eigenvalue weighted by Gasteiger charge is -2.49. The summed E-state index contributed by atoms with van der Waals surface area (Å²) < 4.78 is 75.1. The van der Waals surface area contributed by atoms with Gasteiger partial charge in [-0.25, -0.2) is 10.6 Å². The summed E-state index contributed by atoms with van der Waals surface area (Å²) in [5, 5.41) is 184. The molecule has 6 aliphatic rings. The number of nitrogens with two attached hydrogens (primary N) is 1. The Kier molecular flexibility index (Phi) is 24.8. The Morgan fingerprint density at radius 2 is 0.878 bits per heavy atom. The van der Waals surface area contributed by atoms with E-state index in [-0.39, 0.29) is 25.0 Å². The fourth-order valence-corrected chi connectivity index (χ4v) is 10.2. The quantitative estimate of drug-likeness (QED) is 0.0121. The van der Waals surface area contributed by atoms with Gasteiger partial charge in [-0.3, -0.25) is 10.2 Å². The maximum atomic E-state index is 13.2. The Bertz CT molecular complexity index is 2120. The maximum Gasteiger partial charge on any atom is 0.338 e. The smallest absolute Gasteiger partial charge is 0.338 e. The highest BCUT2D eigenvalue weighted by Crippen LogP contribution is 2.37. The monoisotopic (exact) mass is 1210 g/mol. The number of carbonyl (C=O) groups is 2. The van der Waals surface area contributed by atoms with Gasteiger partial charge in [0.25, 0.3) is 0 Å². The molecule has 13 unspecified atom stereocenters. The first-order valence-corrected chi connectivity index (χ1v) is 26.8. The summed E-state index contributed by atoms with van der Waals surface area (Å²) in [5.74, 6) is 3.52. The molecule has 0 saturated carbocycles. The van der Waals surface area contributed by atoms with E-state index in [1.165, 1.54) is 24.3 Å². The first-order valence-electron chi connectivity index (χ1n) is 26.1. The van der Waals surface area contributed by atoms with Crippen molar-refractivity contribution in [2.75, 3.05) is 46.2 Å². The number of rotatable bonds is 23. The minimum atomic E-state index is -2.15. The van der Waals surface area contributed by atoms with Crippen molar-refractivity contribution in [3.05, 3.63) is 35.9 Å². The van der Waals surface area contributed by atoms with E-state index < -0.39 is 235 Å². The molecule has 470 valence electrons. The van der Waals surface area contributed by atoms with E-state index in [9.17, 15) is 96.4 Å². The lowest BCUT2D eigenvalue weighted by atomic mass is 9.96. The van der Waals surface area contributed by atoms with Crippen LogP contribution in [0.1, 0.15) is 23.2 Å². The van der Waals surface area contributed by atoms with Gasteiger partial charge in [0.2, 0.25) is 5.91 Å². The van der Waals surface area contributed by atoms with Crippen LogP contribution in [0.25, 0.3) is 0 Å². The molecule has 34 nitrogen and oxygen atoms in total. The summed E-state index contributed by atoms with van der Waals surface area (Å²) in [6.07, 6.45) is -54.0. The lowest BCUT2D eigenvalue weighted by molar-refractivity contribution is -0.390. The van der Waals surface area contributed by atoms with Crippen molar-refractivity contribution in [1.29, 1.82) is 0 Å². The predicted octanol–water partition coefficient (Wildman–Crippen LogP) is -11.6. The van der Waals surface area contributed by atoms with Crippen molar-refractivity contribution in [2.45, 2.75) is 197 Å². The minimum Gasteiger partial charge on any atom is -0.450 e. The number of nitrogens with one attached hydrogen (secondary N) is 1. The molecule has 1 amide bonds. The number of esters is 1. The molecule has 6 fully saturated rings. The molecule has 1 aromatic rings. The van der Waals surface area contributed by atoms with E-state index in [0.29, 0.717) is 0 Å². The van der Waals surface area contributed by atoms with Gasteiger partial charge in [-0.2, -0.15) is 0 Å². The van der Waals surface area contributed by atoms with Gasteiger partial charge < -0.3 is 148 Å². The molecule has 6 saturated heterocycles. The second-order valence-electron chi connectivity index (χ2n) is 20.2. The fraction of sp³-hybridized carbons (Fsp3) is 0.830. The summed E-state index contributed by atoms with van der Waals surface area (Å²) in [5.41, 5.74) is 0.871. The Hall–Kier alpha value is -2.61. The van der Waals surface area contributed by atoms with Gasteiger partial charge in [0.15, 0.2) is 43.8 Å². The number of benzene rings is 1. The van der Waals surface area contributed by atoms with Gasteiger partial charge in [-0.15, -0.1) is 9.24 Å². The minimum absolute atomic E-state index is 0.0286. The topological polar surface area (TPSA) is 536 Å². The summed E-state index contributed by atoms with van der Waals surface area (Å²) in [6.45, 7) is -5.56. The predicted molar refractivity (Wildman–Crippen MR) is 262 cm³/mol. The van der Waals surface area contributed by atoms with E-state index in [2.05, 4.69) is 9.24 Å². The largest absolute Gasteiger partial charge is 0.450 e. The molecular formula is C47H75N2O32P.